The molecule has 106 valence electrons. The van der Waals surface area contributed by atoms with Crippen molar-refractivity contribution in [2.24, 2.45) is 0 Å². The summed E-state index contributed by atoms with van der Waals surface area (Å²) >= 11 is 0. The molecule has 0 saturated heterocycles. The Kier molecular flexibility index (Phi) is 3.23. The molecule has 3 rings (SSSR count). The second-order valence-electron chi connectivity index (χ2n) is 4.86. The number of aliphatic carboxylic acids is 1. The molecule has 0 radical (unpaired) electrons. The van der Waals surface area contributed by atoms with Crippen LogP contribution < -0.4 is 4.74 Å². The van der Waals surface area contributed by atoms with Crippen molar-refractivity contribution >= 4 is 17.6 Å². The predicted octanol–water partition coefficient (Wildman–Crippen LogP) is 2.72. The smallest absolute Gasteiger partial charge is 0.336 e. The Labute approximate surface area is 121 Å². The average Bonchev–Trinajstić information content (AvgIpc) is 2.48. The number of aliphatic hydroxyl groups is 1. The Hall–Kier alpha value is -2.59. The highest BCUT2D eigenvalue weighted by Gasteiger charge is 2.26. The maximum absolute atomic E-state index is 11.0. The molecule has 1 aliphatic rings. The first kappa shape index (κ1) is 13.4. The van der Waals surface area contributed by atoms with Gasteiger partial charge in [-0.05, 0) is 34.9 Å². The van der Waals surface area contributed by atoms with Crippen molar-refractivity contribution in [3.63, 3.8) is 0 Å². The third-order valence-corrected chi connectivity index (χ3v) is 3.63. The van der Waals surface area contributed by atoms with Crippen LogP contribution in [0.4, 0.5) is 0 Å². The van der Waals surface area contributed by atoms with Gasteiger partial charge in [-0.3, -0.25) is 0 Å². The molecule has 0 bridgehead atoms. The molecule has 21 heavy (non-hydrogen) atoms. The first-order valence-electron chi connectivity index (χ1n) is 6.52. The Balaban J connectivity index is 2.03. The Morgan fingerprint density at radius 1 is 1.19 bits per heavy atom. The van der Waals surface area contributed by atoms with Gasteiger partial charge in [0.1, 0.15) is 11.9 Å². The standard InChI is InChI=1S/C17H14O4/c1-21-15-9-12-11(7-13(12)17(19)20)8-14(15)16(18)10-5-3-2-4-6-10/h2-9,16,18H,1H3,(H,19,20). The molecule has 0 saturated carbocycles. The van der Waals surface area contributed by atoms with E-state index in [0.717, 1.165) is 11.1 Å². The summed E-state index contributed by atoms with van der Waals surface area (Å²) in [4.78, 5) is 11.0. The van der Waals surface area contributed by atoms with Crippen LogP contribution in [0.5, 0.6) is 5.75 Å². The van der Waals surface area contributed by atoms with Crippen LogP contribution in [0.3, 0.4) is 0 Å². The summed E-state index contributed by atoms with van der Waals surface area (Å²) in [5.74, 6) is -0.474. The van der Waals surface area contributed by atoms with Crippen LogP contribution in [0.2, 0.25) is 0 Å². The number of methoxy groups -OCH3 is 1. The zero-order chi connectivity index (χ0) is 15.0. The largest absolute Gasteiger partial charge is 0.496 e. The number of fused-ring (bicyclic) bond motifs is 1. The number of carboxylic acid groups (broad SMARTS) is 1. The van der Waals surface area contributed by atoms with Gasteiger partial charge in [0.15, 0.2) is 0 Å². The maximum atomic E-state index is 11.0. The lowest BCUT2D eigenvalue weighted by Gasteiger charge is -2.22. The number of benzene rings is 2. The molecule has 4 nitrogen and oxygen atoms in total. The fourth-order valence-corrected chi connectivity index (χ4v) is 2.50. The highest BCUT2D eigenvalue weighted by molar-refractivity contribution is 6.26. The third kappa shape index (κ3) is 2.19. The highest BCUT2D eigenvalue weighted by Crippen LogP contribution is 2.40. The first-order valence-corrected chi connectivity index (χ1v) is 6.52. The minimum Gasteiger partial charge on any atom is -0.496 e. The van der Waals surface area contributed by atoms with Gasteiger partial charge in [-0.25, -0.2) is 4.79 Å². The number of hydrogen-bond donors (Lipinski definition) is 2. The second kappa shape index (κ2) is 5.07. The van der Waals surface area contributed by atoms with Crippen LogP contribution in [0, 0.1) is 0 Å². The molecule has 4 heteroatoms. The number of hydrogen-bond acceptors (Lipinski definition) is 3. The Morgan fingerprint density at radius 3 is 2.52 bits per heavy atom. The number of carbonyl (C=O) groups is 1. The lowest BCUT2D eigenvalue weighted by molar-refractivity contribution is -0.130. The van der Waals surface area contributed by atoms with Crippen molar-refractivity contribution in [2.45, 2.75) is 6.10 Å². The van der Waals surface area contributed by atoms with Gasteiger partial charge in [0.2, 0.25) is 0 Å². The predicted molar refractivity (Wildman–Crippen MR) is 79.0 cm³/mol. The molecular formula is C17H14O4. The van der Waals surface area contributed by atoms with E-state index in [1.807, 2.05) is 30.3 Å². The normalized spacial score (nSPS) is 13.7. The topological polar surface area (TPSA) is 66.8 Å². The summed E-state index contributed by atoms with van der Waals surface area (Å²) in [6.45, 7) is 0. The molecule has 1 atom stereocenters. The van der Waals surface area contributed by atoms with E-state index in [1.165, 1.54) is 7.11 Å². The van der Waals surface area contributed by atoms with Gasteiger partial charge in [0.25, 0.3) is 0 Å². The van der Waals surface area contributed by atoms with Gasteiger partial charge in [0, 0.05) is 5.56 Å². The van der Waals surface area contributed by atoms with E-state index in [2.05, 4.69) is 0 Å². The van der Waals surface area contributed by atoms with Crippen molar-refractivity contribution in [1.29, 1.82) is 0 Å². The molecule has 0 spiro atoms. The SMILES string of the molecule is COc1cc2c(cc1C(O)c1ccccc1)C=C2C(=O)O. The van der Waals surface area contributed by atoms with Gasteiger partial charge in [-0.1, -0.05) is 30.3 Å². The van der Waals surface area contributed by atoms with Crippen molar-refractivity contribution < 1.29 is 19.7 Å². The molecule has 0 aliphatic heterocycles. The second-order valence-corrected chi connectivity index (χ2v) is 4.86. The zero-order valence-electron chi connectivity index (χ0n) is 11.4. The summed E-state index contributed by atoms with van der Waals surface area (Å²) in [5.41, 5.74) is 3.10. The number of carboxylic acids is 1. The van der Waals surface area contributed by atoms with Gasteiger partial charge >= 0.3 is 5.97 Å². The number of rotatable bonds is 4. The van der Waals surface area contributed by atoms with E-state index in [9.17, 15) is 9.90 Å². The summed E-state index contributed by atoms with van der Waals surface area (Å²) in [5, 5.41) is 19.5. The third-order valence-electron chi connectivity index (χ3n) is 3.63. The van der Waals surface area contributed by atoms with E-state index in [4.69, 9.17) is 9.84 Å². The van der Waals surface area contributed by atoms with Crippen LogP contribution >= 0.6 is 0 Å². The molecule has 1 aliphatic carbocycles. The van der Waals surface area contributed by atoms with Crippen molar-refractivity contribution in [3.05, 3.63) is 64.7 Å². The van der Waals surface area contributed by atoms with Crippen LogP contribution in [0.15, 0.2) is 42.5 Å². The molecule has 0 aromatic heterocycles. The van der Waals surface area contributed by atoms with E-state index in [-0.39, 0.29) is 5.57 Å². The Morgan fingerprint density at radius 2 is 1.90 bits per heavy atom. The molecule has 0 heterocycles. The van der Waals surface area contributed by atoms with Gasteiger partial charge in [-0.15, -0.1) is 0 Å². The fourth-order valence-electron chi connectivity index (χ4n) is 2.50. The monoisotopic (exact) mass is 282 g/mol. The van der Waals surface area contributed by atoms with Gasteiger partial charge in [-0.2, -0.15) is 0 Å². The van der Waals surface area contributed by atoms with E-state index in [1.54, 1.807) is 18.2 Å². The maximum Gasteiger partial charge on any atom is 0.336 e. The number of aliphatic hydroxyl groups excluding tert-OH is 1. The summed E-state index contributed by atoms with van der Waals surface area (Å²) in [6.07, 6.45) is 0.784. The Bertz CT molecular complexity index is 732. The molecule has 0 fully saturated rings. The molecule has 2 N–H and O–H groups in total. The molecule has 0 amide bonds. The average molecular weight is 282 g/mol. The van der Waals surface area contributed by atoms with Crippen molar-refractivity contribution in [1.82, 2.24) is 0 Å². The van der Waals surface area contributed by atoms with Crippen LogP contribution in [-0.2, 0) is 4.79 Å². The summed E-state index contributed by atoms with van der Waals surface area (Å²) < 4.78 is 5.31. The quantitative estimate of drug-likeness (QED) is 0.904. The first-order chi connectivity index (χ1) is 10.1. The molecule has 1 unspecified atom stereocenters. The van der Waals surface area contributed by atoms with Gasteiger partial charge < -0.3 is 14.9 Å². The molecule has 2 aromatic rings. The molecule has 2 aromatic carbocycles. The van der Waals surface area contributed by atoms with Crippen molar-refractivity contribution in [3.8, 4) is 5.75 Å². The number of ether oxygens (including phenoxy) is 1. The van der Waals surface area contributed by atoms with Crippen LogP contribution in [-0.4, -0.2) is 23.3 Å². The van der Waals surface area contributed by atoms with Crippen molar-refractivity contribution in [2.75, 3.05) is 7.11 Å². The minimum absolute atomic E-state index is 0.268. The van der Waals surface area contributed by atoms with Gasteiger partial charge in [0.05, 0.1) is 12.7 Å². The molecular weight excluding hydrogens is 268 g/mol. The fraction of sp³-hybridized carbons (Fsp3) is 0.118. The van der Waals surface area contributed by atoms with Crippen LogP contribution in [0.25, 0.3) is 11.6 Å². The lowest BCUT2D eigenvalue weighted by atomic mass is 9.85. The van der Waals surface area contributed by atoms with E-state index < -0.39 is 12.1 Å². The van der Waals surface area contributed by atoms with Crippen LogP contribution in [0.1, 0.15) is 28.4 Å². The van der Waals surface area contributed by atoms with E-state index in [0.29, 0.717) is 16.9 Å². The lowest BCUT2D eigenvalue weighted by Crippen LogP contribution is -2.11. The van der Waals surface area contributed by atoms with E-state index >= 15 is 0 Å². The zero-order valence-corrected chi connectivity index (χ0v) is 11.4. The summed E-state index contributed by atoms with van der Waals surface area (Å²) in [7, 11) is 1.51. The highest BCUT2D eigenvalue weighted by atomic mass is 16.5. The summed E-state index contributed by atoms with van der Waals surface area (Å²) in [6, 6.07) is 12.7. The minimum atomic E-state index is -0.957.